The molecule has 0 saturated carbocycles. The highest BCUT2D eigenvalue weighted by atomic mass is 16.3. The molecule has 2 aliphatic heterocycles. The number of aliphatic imine (C=N–C) groups is 2. The van der Waals surface area contributed by atoms with Gasteiger partial charge in [0.25, 0.3) is 0 Å². The molecule has 4 nitrogen and oxygen atoms in total. The first-order valence-corrected chi connectivity index (χ1v) is 11.6. The van der Waals surface area contributed by atoms with E-state index in [2.05, 4.69) is 72.5 Å². The Morgan fingerprint density at radius 3 is 2.58 bits per heavy atom. The normalized spacial score (nSPS) is 17.0. The van der Waals surface area contributed by atoms with Crippen molar-refractivity contribution in [2.24, 2.45) is 15.9 Å². The van der Waals surface area contributed by atoms with E-state index < -0.39 is 0 Å². The maximum Gasteiger partial charge on any atom is 0.155 e. The second-order valence-corrected chi connectivity index (χ2v) is 8.86. The topological polar surface area (TPSA) is 41.1 Å². The molecule has 3 aromatic rings. The first-order valence-electron chi connectivity index (χ1n) is 11.6. The average Bonchev–Trinajstić information content (AvgIpc) is 3.51. The zero-order chi connectivity index (χ0) is 22.6. The molecule has 33 heavy (non-hydrogen) atoms. The molecule has 5 rings (SSSR count). The fourth-order valence-electron chi connectivity index (χ4n) is 4.46. The largest absolute Gasteiger partial charge is 0.464 e. The van der Waals surface area contributed by atoms with Gasteiger partial charge in [0.05, 0.1) is 18.5 Å². The van der Waals surface area contributed by atoms with Crippen LogP contribution in [0.3, 0.4) is 0 Å². The molecule has 2 aromatic carbocycles. The van der Waals surface area contributed by atoms with Crippen LogP contribution in [-0.2, 0) is 6.54 Å². The lowest BCUT2D eigenvalue weighted by atomic mass is 9.99. The van der Waals surface area contributed by atoms with Gasteiger partial charge in [-0.2, -0.15) is 0 Å². The van der Waals surface area contributed by atoms with Gasteiger partial charge in [-0.15, -0.1) is 0 Å². The molecule has 0 atom stereocenters. The fraction of sp³-hybridized carbons (Fsp3) is 0.241. The lowest BCUT2D eigenvalue weighted by Gasteiger charge is -2.37. The molecular weight excluding hydrogens is 406 g/mol. The van der Waals surface area contributed by atoms with Crippen molar-refractivity contribution in [2.75, 3.05) is 19.6 Å². The predicted molar refractivity (Wildman–Crippen MR) is 137 cm³/mol. The minimum Gasteiger partial charge on any atom is -0.464 e. The van der Waals surface area contributed by atoms with Gasteiger partial charge in [-0.25, -0.2) is 4.99 Å². The Bertz CT molecular complexity index is 1220. The summed E-state index contributed by atoms with van der Waals surface area (Å²) < 4.78 is 5.50. The lowest BCUT2D eigenvalue weighted by molar-refractivity contribution is 0.105. The highest BCUT2D eigenvalue weighted by Gasteiger charge is 2.23. The van der Waals surface area contributed by atoms with Crippen LogP contribution in [0.2, 0.25) is 0 Å². The molecule has 0 amide bonds. The third kappa shape index (κ3) is 4.81. The Morgan fingerprint density at radius 2 is 1.85 bits per heavy atom. The van der Waals surface area contributed by atoms with Crippen LogP contribution < -0.4 is 0 Å². The van der Waals surface area contributed by atoms with E-state index in [-0.39, 0.29) is 0 Å². The van der Waals surface area contributed by atoms with Crippen LogP contribution in [0, 0.1) is 5.92 Å². The van der Waals surface area contributed by atoms with Gasteiger partial charge >= 0.3 is 0 Å². The standard InChI is InChI=1S/C29H29N3O/c1-3-4-5-7-25-16-22(20-32-18-21(2)19-32)9-14-26(25)29-30-17-27(31-29)23-10-12-24(13-11-23)28-8-6-15-33-28/h3-16,21H,17-20H2,1-2H3/b4-3-,7-5-. The lowest BCUT2D eigenvalue weighted by Crippen LogP contribution is -2.44. The van der Waals surface area contributed by atoms with Crippen LogP contribution in [0.25, 0.3) is 17.4 Å². The smallest absolute Gasteiger partial charge is 0.155 e. The summed E-state index contributed by atoms with van der Waals surface area (Å²) >= 11 is 0. The van der Waals surface area contributed by atoms with Crippen molar-refractivity contribution in [3.63, 3.8) is 0 Å². The summed E-state index contributed by atoms with van der Waals surface area (Å²) in [6.45, 7) is 8.30. The number of furan rings is 1. The molecule has 166 valence electrons. The summed E-state index contributed by atoms with van der Waals surface area (Å²) in [6.07, 6.45) is 10.0. The van der Waals surface area contributed by atoms with Crippen LogP contribution in [-0.4, -0.2) is 36.1 Å². The monoisotopic (exact) mass is 435 g/mol. The molecule has 1 fully saturated rings. The number of benzene rings is 2. The van der Waals surface area contributed by atoms with Crippen molar-refractivity contribution < 1.29 is 4.42 Å². The van der Waals surface area contributed by atoms with Crippen molar-refractivity contribution in [1.82, 2.24) is 4.90 Å². The third-order valence-corrected chi connectivity index (χ3v) is 6.13. The van der Waals surface area contributed by atoms with Gasteiger partial charge in [-0.1, -0.05) is 67.6 Å². The number of allylic oxidation sites excluding steroid dienone is 3. The van der Waals surface area contributed by atoms with Crippen LogP contribution in [0.15, 0.2) is 93.5 Å². The number of hydrogen-bond donors (Lipinski definition) is 0. The van der Waals surface area contributed by atoms with E-state index in [0.717, 1.165) is 52.0 Å². The highest BCUT2D eigenvalue weighted by Crippen LogP contribution is 2.24. The van der Waals surface area contributed by atoms with Gasteiger partial charge in [0, 0.05) is 30.8 Å². The molecule has 0 N–H and O–H groups in total. The van der Waals surface area contributed by atoms with Gasteiger partial charge in [0.2, 0.25) is 0 Å². The Morgan fingerprint density at radius 1 is 1.03 bits per heavy atom. The minimum absolute atomic E-state index is 0.598. The maximum atomic E-state index is 5.50. The van der Waals surface area contributed by atoms with Crippen molar-refractivity contribution in [3.05, 3.63) is 101 Å². The molecule has 0 spiro atoms. The SMILES string of the molecule is C/C=C\C=C/c1cc(CN2CC(C)C2)ccc1C1=NCC(c2ccc(-c3ccco3)cc2)=N1. The summed E-state index contributed by atoms with van der Waals surface area (Å²) in [4.78, 5) is 12.2. The van der Waals surface area contributed by atoms with Crippen LogP contribution >= 0.6 is 0 Å². The second kappa shape index (κ2) is 9.55. The molecule has 2 aliphatic rings. The summed E-state index contributed by atoms with van der Waals surface area (Å²) in [7, 11) is 0. The summed E-state index contributed by atoms with van der Waals surface area (Å²) in [5.41, 5.74) is 6.74. The molecule has 4 heteroatoms. The summed E-state index contributed by atoms with van der Waals surface area (Å²) in [6, 6.07) is 18.9. The van der Waals surface area contributed by atoms with E-state index in [0.29, 0.717) is 6.54 Å². The van der Waals surface area contributed by atoms with E-state index in [4.69, 9.17) is 14.4 Å². The van der Waals surface area contributed by atoms with Gasteiger partial charge in [0.15, 0.2) is 5.84 Å². The minimum atomic E-state index is 0.598. The van der Waals surface area contributed by atoms with E-state index in [1.165, 1.54) is 18.7 Å². The van der Waals surface area contributed by atoms with Crippen LogP contribution in [0.5, 0.6) is 0 Å². The Kier molecular flexibility index (Phi) is 6.18. The molecular formula is C29H29N3O. The van der Waals surface area contributed by atoms with Crippen molar-refractivity contribution in [2.45, 2.75) is 20.4 Å². The van der Waals surface area contributed by atoms with Gasteiger partial charge in [-0.3, -0.25) is 9.89 Å². The van der Waals surface area contributed by atoms with Crippen molar-refractivity contribution in [3.8, 4) is 11.3 Å². The first kappa shape index (κ1) is 21.4. The van der Waals surface area contributed by atoms with E-state index >= 15 is 0 Å². The zero-order valence-corrected chi connectivity index (χ0v) is 19.2. The molecule has 3 heterocycles. The Labute approximate surface area is 195 Å². The van der Waals surface area contributed by atoms with Crippen LogP contribution in [0.4, 0.5) is 0 Å². The highest BCUT2D eigenvalue weighted by molar-refractivity contribution is 6.18. The summed E-state index contributed by atoms with van der Waals surface area (Å²) in [5.74, 6) is 2.49. The average molecular weight is 436 g/mol. The molecule has 1 saturated heterocycles. The maximum absolute atomic E-state index is 5.50. The van der Waals surface area contributed by atoms with Crippen molar-refractivity contribution >= 4 is 17.6 Å². The van der Waals surface area contributed by atoms with Crippen LogP contribution in [0.1, 0.15) is 36.1 Å². The number of likely N-dealkylation sites (tertiary alicyclic amines) is 1. The second-order valence-electron chi connectivity index (χ2n) is 8.86. The fourth-order valence-corrected chi connectivity index (χ4v) is 4.46. The number of amidine groups is 1. The van der Waals surface area contributed by atoms with Gasteiger partial charge in [0.1, 0.15) is 5.76 Å². The van der Waals surface area contributed by atoms with Gasteiger partial charge < -0.3 is 4.42 Å². The van der Waals surface area contributed by atoms with Gasteiger partial charge in [-0.05, 0) is 47.7 Å². The van der Waals surface area contributed by atoms with E-state index in [1.807, 2.05) is 25.1 Å². The summed E-state index contributed by atoms with van der Waals surface area (Å²) in [5, 5.41) is 0. The molecule has 0 aliphatic carbocycles. The third-order valence-electron chi connectivity index (χ3n) is 6.13. The Hall–Kier alpha value is -3.50. The number of hydrogen-bond acceptors (Lipinski definition) is 4. The van der Waals surface area contributed by atoms with Crippen molar-refractivity contribution in [1.29, 1.82) is 0 Å². The zero-order valence-electron chi connectivity index (χ0n) is 19.2. The number of rotatable bonds is 7. The Balaban J connectivity index is 1.38. The first-order chi connectivity index (χ1) is 16.2. The van der Waals surface area contributed by atoms with E-state index in [9.17, 15) is 0 Å². The molecule has 0 radical (unpaired) electrons. The molecule has 0 bridgehead atoms. The quantitative estimate of drug-likeness (QED) is 0.412. The predicted octanol–water partition coefficient (Wildman–Crippen LogP) is 6.24. The molecule has 1 aromatic heterocycles. The number of nitrogens with zero attached hydrogens (tertiary/aromatic N) is 3. The molecule has 0 unspecified atom stereocenters. The van der Waals surface area contributed by atoms with E-state index in [1.54, 1.807) is 6.26 Å².